The van der Waals surface area contributed by atoms with Gasteiger partial charge in [-0.25, -0.2) is 4.98 Å². The van der Waals surface area contributed by atoms with Crippen LogP contribution in [0.5, 0.6) is 0 Å². The molecule has 0 saturated heterocycles. The Morgan fingerprint density at radius 1 is 1.23 bits per heavy atom. The van der Waals surface area contributed by atoms with E-state index in [1.54, 1.807) is 0 Å². The number of carbonyl (C=O) groups is 1. The molecule has 3 rings (SSSR count). The average Bonchev–Trinajstić information content (AvgIpc) is 3.43. The van der Waals surface area contributed by atoms with Gasteiger partial charge in [-0.2, -0.15) is 0 Å². The number of rotatable bonds is 8. The topological polar surface area (TPSA) is 83.3 Å². The lowest BCUT2D eigenvalue weighted by Gasteiger charge is -2.13. The van der Waals surface area contributed by atoms with Gasteiger partial charge in [0, 0.05) is 32.1 Å². The molecule has 1 heterocycles. The summed E-state index contributed by atoms with van der Waals surface area (Å²) in [5, 5.41) is 9.52. The van der Waals surface area contributed by atoms with Crippen molar-refractivity contribution in [3.63, 3.8) is 0 Å². The van der Waals surface area contributed by atoms with Crippen LogP contribution in [0.3, 0.4) is 0 Å². The molecule has 0 radical (unpaired) electrons. The van der Waals surface area contributed by atoms with Crippen molar-refractivity contribution in [1.82, 2.24) is 25.5 Å². The van der Waals surface area contributed by atoms with Crippen molar-refractivity contribution in [2.45, 2.75) is 33.2 Å². The van der Waals surface area contributed by atoms with Crippen molar-refractivity contribution >= 4 is 22.9 Å². The first-order chi connectivity index (χ1) is 12.7. The number of aryl methyl sites for hydroxylation is 1. The van der Waals surface area contributed by atoms with Gasteiger partial charge in [-0.1, -0.05) is 12.1 Å². The van der Waals surface area contributed by atoms with Crippen LogP contribution in [0.4, 0.5) is 0 Å². The Hall–Kier alpha value is -2.57. The molecule has 0 unspecified atom stereocenters. The van der Waals surface area contributed by atoms with E-state index in [1.165, 1.54) is 0 Å². The Morgan fingerprint density at radius 3 is 2.81 bits per heavy atom. The smallest absolute Gasteiger partial charge is 0.223 e. The number of hydrogen-bond donors (Lipinski definition) is 3. The second-order valence-electron chi connectivity index (χ2n) is 6.55. The fraction of sp³-hybridized carbons (Fsp3) is 0.526. The molecule has 0 aliphatic heterocycles. The zero-order valence-corrected chi connectivity index (χ0v) is 15.6. The highest BCUT2D eigenvalue weighted by atomic mass is 16.2. The summed E-state index contributed by atoms with van der Waals surface area (Å²) < 4.78 is 2.21. The van der Waals surface area contributed by atoms with Crippen molar-refractivity contribution in [2.24, 2.45) is 10.9 Å². The van der Waals surface area contributed by atoms with Crippen molar-refractivity contribution in [2.75, 3.05) is 26.2 Å². The van der Waals surface area contributed by atoms with E-state index in [9.17, 15) is 4.79 Å². The van der Waals surface area contributed by atoms with Crippen LogP contribution < -0.4 is 16.0 Å². The van der Waals surface area contributed by atoms with Crippen molar-refractivity contribution in [3.05, 3.63) is 30.1 Å². The summed E-state index contributed by atoms with van der Waals surface area (Å²) in [5.41, 5.74) is 2.17. The first kappa shape index (κ1) is 18.2. The van der Waals surface area contributed by atoms with Crippen molar-refractivity contribution < 1.29 is 4.79 Å². The van der Waals surface area contributed by atoms with Gasteiger partial charge in [0.25, 0.3) is 0 Å². The average molecular weight is 356 g/mol. The number of nitrogens with one attached hydrogen (secondary N) is 3. The minimum atomic E-state index is 0.167. The summed E-state index contributed by atoms with van der Waals surface area (Å²) in [6.45, 7) is 7.59. The molecule has 0 bridgehead atoms. The summed E-state index contributed by atoms with van der Waals surface area (Å²) in [4.78, 5) is 20.7. The molecule has 26 heavy (non-hydrogen) atoms. The lowest BCUT2D eigenvalue weighted by molar-refractivity contribution is -0.122. The maximum atomic E-state index is 11.6. The van der Waals surface area contributed by atoms with Gasteiger partial charge in [-0.05, 0) is 38.8 Å². The number of imidazole rings is 1. The van der Waals surface area contributed by atoms with Crippen LogP contribution in [0.1, 0.15) is 25.6 Å². The van der Waals surface area contributed by atoms with E-state index in [1.807, 2.05) is 32.0 Å². The predicted octanol–water partition coefficient (Wildman–Crippen LogP) is 1.43. The number of fused-ring (bicyclic) bond motifs is 1. The van der Waals surface area contributed by atoms with Gasteiger partial charge in [0.2, 0.25) is 5.91 Å². The number of carbonyl (C=O) groups excluding carboxylic acids is 1. The van der Waals surface area contributed by atoms with Crippen LogP contribution in [0, 0.1) is 12.8 Å². The number of benzene rings is 1. The van der Waals surface area contributed by atoms with Crippen LogP contribution in [0.25, 0.3) is 11.0 Å². The number of nitrogens with zero attached hydrogens (tertiary/aromatic N) is 3. The quantitative estimate of drug-likeness (QED) is 0.380. The first-order valence-electron chi connectivity index (χ1n) is 9.40. The molecule has 1 saturated carbocycles. The van der Waals surface area contributed by atoms with E-state index >= 15 is 0 Å². The monoisotopic (exact) mass is 356 g/mol. The molecule has 1 aromatic carbocycles. The fourth-order valence-corrected chi connectivity index (χ4v) is 2.94. The normalized spacial score (nSPS) is 14.5. The van der Waals surface area contributed by atoms with Gasteiger partial charge in [0.05, 0.1) is 17.6 Å². The first-order valence-corrected chi connectivity index (χ1v) is 9.40. The molecule has 0 atom stereocenters. The predicted molar refractivity (Wildman–Crippen MR) is 104 cm³/mol. The van der Waals surface area contributed by atoms with E-state index in [2.05, 4.69) is 36.6 Å². The number of guanidine groups is 1. The molecule has 1 aliphatic rings. The van der Waals surface area contributed by atoms with E-state index in [4.69, 9.17) is 0 Å². The van der Waals surface area contributed by atoms with Crippen LogP contribution in [0.2, 0.25) is 0 Å². The molecule has 7 heteroatoms. The largest absolute Gasteiger partial charge is 0.357 e. The van der Waals surface area contributed by atoms with E-state index in [-0.39, 0.29) is 11.8 Å². The Kier molecular flexibility index (Phi) is 6.09. The van der Waals surface area contributed by atoms with Crippen molar-refractivity contribution in [3.8, 4) is 0 Å². The summed E-state index contributed by atoms with van der Waals surface area (Å²) in [6, 6.07) is 8.18. The van der Waals surface area contributed by atoms with Gasteiger partial charge >= 0.3 is 0 Å². The third-order valence-electron chi connectivity index (χ3n) is 4.45. The number of aromatic nitrogens is 2. The zero-order valence-electron chi connectivity index (χ0n) is 15.6. The highest BCUT2D eigenvalue weighted by Gasteiger charge is 2.28. The summed E-state index contributed by atoms with van der Waals surface area (Å²) >= 11 is 0. The Labute approximate surface area is 154 Å². The third kappa shape index (κ3) is 4.74. The molecular formula is C19H28N6O. The highest BCUT2D eigenvalue weighted by molar-refractivity contribution is 5.81. The Balaban J connectivity index is 1.48. The van der Waals surface area contributed by atoms with Gasteiger partial charge < -0.3 is 20.5 Å². The molecular weight excluding hydrogens is 328 g/mol. The van der Waals surface area contributed by atoms with E-state index in [0.29, 0.717) is 13.1 Å². The standard InChI is InChI=1S/C19H28N6O/c1-3-20-19(22-11-10-21-18(26)15-8-9-15)23-12-13-25-14(2)24-16-6-4-5-7-17(16)25/h4-7,15H,3,8-13H2,1-2H3,(H,21,26)(H2,20,22,23). The molecule has 0 spiro atoms. The number of amides is 1. The van der Waals surface area contributed by atoms with Gasteiger partial charge in [-0.3, -0.25) is 9.79 Å². The van der Waals surface area contributed by atoms with Crippen LogP contribution in [-0.4, -0.2) is 47.6 Å². The van der Waals surface area contributed by atoms with Crippen LogP contribution in [0.15, 0.2) is 29.3 Å². The Bertz CT molecular complexity index is 777. The van der Waals surface area contributed by atoms with Gasteiger partial charge in [0.1, 0.15) is 5.82 Å². The van der Waals surface area contributed by atoms with Gasteiger partial charge in [-0.15, -0.1) is 0 Å². The lowest BCUT2D eigenvalue weighted by atomic mass is 10.3. The van der Waals surface area contributed by atoms with E-state index in [0.717, 1.165) is 55.3 Å². The zero-order chi connectivity index (χ0) is 18.4. The van der Waals surface area contributed by atoms with E-state index < -0.39 is 0 Å². The fourth-order valence-electron chi connectivity index (χ4n) is 2.94. The second kappa shape index (κ2) is 8.69. The highest BCUT2D eigenvalue weighted by Crippen LogP contribution is 2.28. The molecule has 3 N–H and O–H groups in total. The minimum absolute atomic E-state index is 0.167. The lowest BCUT2D eigenvalue weighted by Crippen LogP contribution is -2.39. The minimum Gasteiger partial charge on any atom is -0.357 e. The SMILES string of the molecule is CCNC(=NCCNC(=O)C1CC1)NCCn1c(C)nc2ccccc21. The van der Waals surface area contributed by atoms with Gasteiger partial charge in [0.15, 0.2) is 5.96 Å². The molecule has 1 aromatic heterocycles. The maximum absolute atomic E-state index is 11.6. The number of hydrogen-bond acceptors (Lipinski definition) is 3. The third-order valence-corrected chi connectivity index (χ3v) is 4.45. The molecule has 140 valence electrons. The second-order valence-corrected chi connectivity index (χ2v) is 6.55. The molecule has 1 amide bonds. The van der Waals surface area contributed by atoms with Crippen LogP contribution in [-0.2, 0) is 11.3 Å². The molecule has 1 aliphatic carbocycles. The molecule has 2 aromatic rings. The van der Waals surface area contributed by atoms with Crippen LogP contribution >= 0.6 is 0 Å². The Morgan fingerprint density at radius 2 is 2.04 bits per heavy atom. The number of aliphatic imine (C=N–C) groups is 1. The summed E-state index contributed by atoms with van der Waals surface area (Å²) in [6.07, 6.45) is 2.06. The maximum Gasteiger partial charge on any atom is 0.223 e. The molecule has 7 nitrogen and oxygen atoms in total. The number of para-hydroxylation sites is 2. The summed E-state index contributed by atoms with van der Waals surface area (Å²) in [5.74, 6) is 2.20. The van der Waals surface area contributed by atoms with Crippen molar-refractivity contribution in [1.29, 1.82) is 0 Å². The summed E-state index contributed by atoms with van der Waals surface area (Å²) in [7, 11) is 0. The molecule has 1 fully saturated rings.